The fourth-order valence-electron chi connectivity index (χ4n) is 1.54. The van der Waals surface area contributed by atoms with E-state index < -0.39 is 0 Å². The summed E-state index contributed by atoms with van der Waals surface area (Å²) in [6.07, 6.45) is 5.36. The monoisotopic (exact) mass is 342 g/mol. The molecule has 0 saturated carbocycles. The SMILES string of the molecule is Cc1csc2c(-n3cc(I)cn3)ncnc12. The molecule has 0 aliphatic carbocycles. The molecule has 4 nitrogen and oxygen atoms in total. The highest BCUT2D eigenvalue weighted by atomic mass is 127. The third-order valence-electron chi connectivity index (χ3n) is 2.28. The van der Waals surface area contributed by atoms with E-state index in [0.29, 0.717) is 0 Å². The number of fused-ring (bicyclic) bond motifs is 1. The quantitative estimate of drug-likeness (QED) is 0.639. The second-order valence-electron chi connectivity index (χ2n) is 3.40. The number of hydrogen-bond donors (Lipinski definition) is 0. The van der Waals surface area contributed by atoms with Gasteiger partial charge in [0.25, 0.3) is 0 Å². The number of thiophene rings is 1. The van der Waals surface area contributed by atoms with Gasteiger partial charge in [0.2, 0.25) is 0 Å². The summed E-state index contributed by atoms with van der Waals surface area (Å²) in [5.41, 5.74) is 2.20. The minimum atomic E-state index is 0.853. The van der Waals surface area contributed by atoms with E-state index in [0.717, 1.165) is 19.6 Å². The Kier molecular flexibility index (Phi) is 2.40. The van der Waals surface area contributed by atoms with Gasteiger partial charge < -0.3 is 0 Å². The molecule has 3 aromatic rings. The summed E-state index contributed by atoms with van der Waals surface area (Å²) in [6.45, 7) is 2.06. The molecular formula is C10H7IN4S. The van der Waals surface area contributed by atoms with Gasteiger partial charge in [-0.05, 0) is 40.5 Å². The maximum atomic E-state index is 4.30. The second-order valence-corrected chi connectivity index (χ2v) is 5.52. The van der Waals surface area contributed by atoms with Crippen LogP contribution in [0.3, 0.4) is 0 Å². The lowest BCUT2D eigenvalue weighted by Crippen LogP contribution is -1.98. The van der Waals surface area contributed by atoms with E-state index >= 15 is 0 Å². The van der Waals surface area contributed by atoms with Gasteiger partial charge >= 0.3 is 0 Å². The van der Waals surface area contributed by atoms with Gasteiger partial charge in [-0.2, -0.15) is 5.10 Å². The number of aromatic nitrogens is 4. The average molecular weight is 342 g/mol. The van der Waals surface area contributed by atoms with Crippen LogP contribution in [0, 0.1) is 10.5 Å². The van der Waals surface area contributed by atoms with Gasteiger partial charge in [0.15, 0.2) is 5.82 Å². The zero-order chi connectivity index (χ0) is 11.1. The standard InChI is InChI=1S/C10H7IN4S/c1-6-4-16-9-8(6)12-5-13-10(9)15-3-7(11)2-14-15/h2-5H,1H3. The summed E-state index contributed by atoms with van der Waals surface area (Å²) in [5.74, 6) is 0.853. The number of hydrogen-bond acceptors (Lipinski definition) is 4. The zero-order valence-corrected chi connectivity index (χ0v) is 11.4. The van der Waals surface area contributed by atoms with E-state index in [4.69, 9.17) is 0 Å². The fourth-order valence-corrected chi connectivity index (χ4v) is 2.91. The number of rotatable bonds is 1. The van der Waals surface area contributed by atoms with Crippen LogP contribution in [0.5, 0.6) is 0 Å². The zero-order valence-electron chi connectivity index (χ0n) is 8.38. The van der Waals surface area contributed by atoms with Gasteiger partial charge in [-0.1, -0.05) is 0 Å². The number of nitrogens with zero attached hydrogens (tertiary/aromatic N) is 4. The topological polar surface area (TPSA) is 43.6 Å². The van der Waals surface area contributed by atoms with Crippen LogP contribution in [-0.4, -0.2) is 19.7 Å². The molecule has 0 unspecified atom stereocenters. The molecule has 0 aliphatic heterocycles. The van der Waals surface area contributed by atoms with Crippen molar-refractivity contribution in [2.45, 2.75) is 6.92 Å². The van der Waals surface area contributed by atoms with Crippen molar-refractivity contribution in [3.8, 4) is 5.82 Å². The minimum Gasteiger partial charge on any atom is -0.235 e. The molecule has 6 heteroatoms. The molecule has 0 spiro atoms. The van der Waals surface area contributed by atoms with Crippen molar-refractivity contribution in [1.29, 1.82) is 0 Å². The van der Waals surface area contributed by atoms with E-state index in [1.54, 1.807) is 22.3 Å². The lowest BCUT2D eigenvalue weighted by atomic mass is 10.3. The van der Waals surface area contributed by atoms with Gasteiger partial charge in [-0.25, -0.2) is 14.6 Å². The Balaban J connectivity index is 2.31. The molecule has 0 aromatic carbocycles. The smallest absolute Gasteiger partial charge is 0.174 e. The van der Waals surface area contributed by atoms with Crippen LogP contribution in [0.15, 0.2) is 24.1 Å². The largest absolute Gasteiger partial charge is 0.235 e. The lowest BCUT2D eigenvalue weighted by molar-refractivity contribution is 0.852. The van der Waals surface area contributed by atoms with Crippen LogP contribution >= 0.6 is 33.9 Å². The molecule has 0 amide bonds. The highest BCUT2D eigenvalue weighted by molar-refractivity contribution is 14.1. The molecule has 0 atom stereocenters. The first kappa shape index (κ1) is 10.2. The highest BCUT2D eigenvalue weighted by Gasteiger charge is 2.10. The average Bonchev–Trinajstić information content (AvgIpc) is 2.86. The van der Waals surface area contributed by atoms with Crippen molar-refractivity contribution in [2.75, 3.05) is 0 Å². The fraction of sp³-hybridized carbons (Fsp3) is 0.100. The van der Waals surface area contributed by atoms with Gasteiger partial charge in [-0.3, -0.25) is 0 Å². The van der Waals surface area contributed by atoms with Gasteiger partial charge in [0, 0.05) is 6.20 Å². The van der Waals surface area contributed by atoms with Crippen LogP contribution in [-0.2, 0) is 0 Å². The van der Waals surface area contributed by atoms with Gasteiger partial charge in [-0.15, -0.1) is 11.3 Å². The van der Waals surface area contributed by atoms with Crippen LogP contribution in [0.1, 0.15) is 5.56 Å². The Bertz CT molecular complexity index is 658. The molecule has 3 rings (SSSR count). The predicted molar refractivity (Wildman–Crippen MR) is 72.0 cm³/mol. The number of aryl methyl sites for hydroxylation is 1. The molecule has 3 aromatic heterocycles. The number of halogens is 1. The summed E-state index contributed by atoms with van der Waals surface area (Å²) in [6, 6.07) is 0. The minimum absolute atomic E-state index is 0.853. The van der Waals surface area contributed by atoms with E-state index in [1.165, 1.54) is 5.56 Å². The Morgan fingerprint density at radius 2 is 2.25 bits per heavy atom. The normalized spacial score (nSPS) is 11.1. The summed E-state index contributed by atoms with van der Waals surface area (Å²) < 4.78 is 3.97. The van der Waals surface area contributed by atoms with Crippen LogP contribution in [0.25, 0.3) is 16.0 Å². The van der Waals surface area contributed by atoms with Crippen molar-refractivity contribution < 1.29 is 0 Å². The van der Waals surface area contributed by atoms with Crippen molar-refractivity contribution in [1.82, 2.24) is 19.7 Å². The van der Waals surface area contributed by atoms with Crippen molar-refractivity contribution in [3.05, 3.63) is 33.2 Å². The molecule has 3 heterocycles. The van der Waals surface area contributed by atoms with Crippen LogP contribution < -0.4 is 0 Å². The molecule has 0 bridgehead atoms. The van der Waals surface area contributed by atoms with Crippen LogP contribution in [0.2, 0.25) is 0 Å². The van der Waals surface area contributed by atoms with Crippen molar-refractivity contribution in [3.63, 3.8) is 0 Å². The Labute approximate surface area is 109 Å². The summed E-state index contributed by atoms with van der Waals surface area (Å²) >= 11 is 3.89. The molecule has 80 valence electrons. The van der Waals surface area contributed by atoms with E-state index in [1.807, 2.05) is 12.4 Å². The van der Waals surface area contributed by atoms with Crippen molar-refractivity contribution in [2.24, 2.45) is 0 Å². The molecule has 0 saturated heterocycles. The third kappa shape index (κ3) is 1.52. The predicted octanol–water partition coefficient (Wildman–Crippen LogP) is 2.79. The lowest BCUT2D eigenvalue weighted by Gasteiger charge is -2.00. The van der Waals surface area contributed by atoms with Crippen LogP contribution in [0.4, 0.5) is 0 Å². The Hall–Kier alpha value is -1.02. The van der Waals surface area contributed by atoms with E-state index in [-0.39, 0.29) is 0 Å². The molecule has 0 radical (unpaired) electrons. The summed E-state index contributed by atoms with van der Waals surface area (Å²) in [7, 11) is 0. The maximum Gasteiger partial charge on any atom is 0.174 e. The molecule has 16 heavy (non-hydrogen) atoms. The first-order valence-electron chi connectivity index (χ1n) is 4.65. The highest BCUT2D eigenvalue weighted by Crippen LogP contribution is 2.27. The molecule has 0 N–H and O–H groups in total. The van der Waals surface area contributed by atoms with E-state index in [2.05, 4.69) is 50.0 Å². The van der Waals surface area contributed by atoms with Gasteiger partial charge in [0.1, 0.15) is 6.33 Å². The summed E-state index contributed by atoms with van der Waals surface area (Å²) in [5, 5.41) is 6.37. The second kappa shape index (κ2) is 3.77. The van der Waals surface area contributed by atoms with E-state index in [9.17, 15) is 0 Å². The molecule has 0 aliphatic rings. The third-order valence-corrected chi connectivity index (χ3v) is 3.92. The first-order valence-corrected chi connectivity index (χ1v) is 6.61. The maximum absolute atomic E-state index is 4.30. The summed E-state index contributed by atoms with van der Waals surface area (Å²) in [4.78, 5) is 8.59. The first-order chi connectivity index (χ1) is 7.75. The van der Waals surface area contributed by atoms with Gasteiger partial charge in [0.05, 0.1) is 20.0 Å². The Morgan fingerprint density at radius 3 is 3.00 bits per heavy atom. The molecular weight excluding hydrogens is 335 g/mol. The molecule has 0 fully saturated rings. The van der Waals surface area contributed by atoms with Crippen molar-refractivity contribution >= 4 is 44.1 Å². The Morgan fingerprint density at radius 1 is 1.38 bits per heavy atom.